The van der Waals surface area contributed by atoms with Gasteiger partial charge in [0.25, 0.3) is 0 Å². The highest BCUT2D eigenvalue weighted by molar-refractivity contribution is 7.99. The smallest absolute Gasteiger partial charge is 0.193 e. The summed E-state index contributed by atoms with van der Waals surface area (Å²) in [7, 11) is 0. The lowest BCUT2D eigenvalue weighted by Crippen LogP contribution is -2.20. The summed E-state index contributed by atoms with van der Waals surface area (Å²) in [5, 5.41) is 8.63. The molecule has 0 saturated heterocycles. The standard InChI is InChI=1S/C9H7NOS/c10-5-7-6-12-9-4-2-1-3-8(9)11-7/h1-4,7H,6H2/t7-/m1/s1. The molecule has 2 rings (SSSR count). The van der Waals surface area contributed by atoms with Gasteiger partial charge in [0.2, 0.25) is 0 Å². The van der Waals surface area contributed by atoms with Gasteiger partial charge in [-0.05, 0) is 12.1 Å². The Hall–Kier alpha value is -1.14. The predicted molar refractivity (Wildman–Crippen MR) is 47.2 cm³/mol. The summed E-state index contributed by atoms with van der Waals surface area (Å²) in [6.45, 7) is 0. The van der Waals surface area contributed by atoms with Crippen LogP contribution in [0.2, 0.25) is 0 Å². The van der Waals surface area contributed by atoms with Crippen molar-refractivity contribution in [3.63, 3.8) is 0 Å². The Bertz CT molecular complexity index is 332. The van der Waals surface area contributed by atoms with Crippen LogP contribution >= 0.6 is 11.8 Å². The molecule has 3 heteroatoms. The molecule has 1 aliphatic heterocycles. The molecule has 60 valence electrons. The number of ether oxygens (including phenoxy) is 1. The topological polar surface area (TPSA) is 33.0 Å². The van der Waals surface area contributed by atoms with Crippen LogP contribution in [0.4, 0.5) is 0 Å². The van der Waals surface area contributed by atoms with Crippen molar-refractivity contribution in [1.29, 1.82) is 5.26 Å². The van der Waals surface area contributed by atoms with Crippen molar-refractivity contribution in [1.82, 2.24) is 0 Å². The third-order valence-corrected chi connectivity index (χ3v) is 2.77. The first kappa shape index (κ1) is 7.51. The van der Waals surface area contributed by atoms with Crippen LogP contribution in [0.25, 0.3) is 0 Å². The van der Waals surface area contributed by atoms with Crippen LogP contribution in [0, 0.1) is 11.3 Å². The van der Waals surface area contributed by atoms with E-state index in [-0.39, 0.29) is 6.10 Å². The maximum absolute atomic E-state index is 8.63. The van der Waals surface area contributed by atoms with Crippen molar-refractivity contribution in [2.45, 2.75) is 11.0 Å². The lowest BCUT2D eigenvalue weighted by atomic mass is 10.3. The van der Waals surface area contributed by atoms with E-state index in [1.54, 1.807) is 11.8 Å². The molecule has 1 aliphatic rings. The molecule has 0 unspecified atom stereocenters. The van der Waals surface area contributed by atoms with Gasteiger partial charge in [0.15, 0.2) is 6.10 Å². The second-order valence-corrected chi connectivity index (χ2v) is 3.56. The van der Waals surface area contributed by atoms with Gasteiger partial charge in [-0.2, -0.15) is 5.26 Å². The summed E-state index contributed by atoms with van der Waals surface area (Å²) in [5.74, 6) is 1.56. The largest absolute Gasteiger partial charge is 0.474 e. The normalized spacial score (nSPS) is 20.4. The highest BCUT2D eigenvalue weighted by Crippen LogP contribution is 2.34. The first-order chi connectivity index (χ1) is 5.90. The zero-order chi connectivity index (χ0) is 8.39. The van der Waals surface area contributed by atoms with Crippen molar-refractivity contribution < 1.29 is 4.74 Å². The number of fused-ring (bicyclic) bond motifs is 1. The molecule has 0 spiro atoms. The minimum Gasteiger partial charge on any atom is -0.474 e. The monoisotopic (exact) mass is 177 g/mol. The number of benzene rings is 1. The van der Waals surface area contributed by atoms with E-state index in [2.05, 4.69) is 6.07 Å². The fraction of sp³-hybridized carbons (Fsp3) is 0.222. The first-order valence-corrected chi connectivity index (χ1v) is 4.67. The summed E-state index contributed by atoms with van der Waals surface area (Å²) >= 11 is 1.67. The van der Waals surface area contributed by atoms with Gasteiger partial charge in [-0.15, -0.1) is 11.8 Å². The number of nitrogens with zero attached hydrogens (tertiary/aromatic N) is 1. The molecule has 12 heavy (non-hydrogen) atoms. The van der Waals surface area contributed by atoms with Gasteiger partial charge in [-0.1, -0.05) is 12.1 Å². The molecule has 0 aliphatic carbocycles. The first-order valence-electron chi connectivity index (χ1n) is 3.68. The van der Waals surface area contributed by atoms with E-state index >= 15 is 0 Å². The number of para-hydroxylation sites is 1. The van der Waals surface area contributed by atoms with Crippen molar-refractivity contribution in [2.24, 2.45) is 0 Å². The Labute approximate surface area is 75.1 Å². The van der Waals surface area contributed by atoms with E-state index < -0.39 is 0 Å². The van der Waals surface area contributed by atoms with Gasteiger partial charge >= 0.3 is 0 Å². The molecule has 0 bridgehead atoms. The van der Waals surface area contributed by atoms with E-state index in [1.165, 1.54) is 0 Å². The maximum Gasteiger partial charge on any atom is 0.193 e. The Morgan fingerprint density at radius 2 is 2.33 bits per heavy atom. The second-order valence-electron chi connectivity index (χ2n) is 2.49. The maximum atomic E-state index is 8.63. The van der Waals surface area contributed by atoms with Crippen LogP contribution in [0.3, 0.4) is 0 Å². The molecule has 1 aromatic rings. The molecule has 1 aromatic carbocycles. The van der Waals surface area contributed by atoms with Crippen molar-refractivity contribution >= 4 is 11.8 Å². The molecular weight excluding hydrogens is 170 g/mol. The molecule has 1 atom stereocenters. The summed E-state index contributed by atoms with van der Waals surface area (Å²) in [5.41, 5.74) is 0. The Balaban J connectivity index is 2.30. The molecule has 0 saturated carbocycles. The lowest BCUT2D eigenvalue weighted by Gasteiger charge is -2.20. The molecule has 0 radical (unpaired) electrons. The summed E-state index contributed by atoms with van der Waals surface area (Å²) < 4.78 is 5.40. The van der Waals surface area contributed by atoms with Gasteiger partial charge in [-0.3, -0.25) is 0 Å². The van der Waals surface area contributed by atoms with Crippen LogP contribution in [0.1, 0.15) is 0 Å². The van der Waals surface area contributed by atoms with Crippen LogP contribution in [-0.2, 0) is 0 Å². The molecule has 2 nitrogen and oxygen atoms in total. The van der Waals surface area contributed by atoms with Crippen LogP contribution in [0.15, 0.2) is 29.2 Å². The minimum absolute atomic E-state index is 0.287. The number of nitriles is 1. The fourth-order valence-electron chi connectivity index (χ4n) is 1.08. The average Bonchev–Trinajstić information content (AvgIpc) is 2.17. The third kappa shape index (κ3) is 1.26. The summed E-state index contributed by atoms with van der Waals surface area (Å²) in [6, 6.07) is 9.89. The quantitative estimate of drug-likeness (QED) is 0.608. The molecule has 1 heterocycles. The van der Waals surface area contributed by atoms with Crippen LogP contribution in [0.5, 0.6) is 5.75 Å². The summed E-state index contributed by atoms with van der Waals surface area (Å²) in [4.78, 5) is 1.13. The van der Waals surface area contributed by atoms with E-state index in [0.717, 1.165) is 16.4 Å². The Kier molecular flexibility index (Phi) is 1.92. The lowest BCUT2D eigenvalue weighted by molar-refractivity contribution is 0.268. The summed E-state index contributed by atoms with van der Waals surface area (Å²) in [6.07, 6.45) is -0.287. The minimum atomic E-state index is -0.287. The van der Waals surface area contributed by atoms with Crippen LogP contribution < -0.4 is 4.74 Å². The van der Waals surface area contributed by atoms with Crippen molar-refractivity contribution in [3.8, 4) is 11.8 Å². The highest BCUT2D eigenvalue weighted by atomic mass is 32.2. The molecule has 0 fully saturated rings. The van der Waals surface area contributed by atoms with Gasteiger partial charge in [0.05, 0.1) is 0 Å². The SMILES string of the molecule is N#C[C@@H]1CSc2ccccc2O1. The third-order valence-electron chi connectivity index (χ3n) is 1.65. The Morgan fingerprint density at radius 1 is 1.50 bits per heavy atom. The van der Waals surface area contributed by atoms with Crippen LogP contribution in [-0.4, -0.2) is 11.9 Å². The predicted octanol–water partition coefficient (Wildman–Crippen LogP) is 2.06. The van der Waals surface area contributed by atoms with Gasteiger partial charge in [0.1, 0.15) is 11.8 Å². The second kappa shape index (κ2) is 3.08. The van der Waals surface area contributed by atoms with Gasteiger partial charge in [-0.25, -0.2) is 0 Å². The fourth-order valence-corrected chi connectivity index (χ4v) is 1.99. The van der Waals surface area contributed by atoms with Gasteiger partial charge < -0.3 is 4.74 Å². The number of rotatable bonds is 0. The van der Waals surface area contributed by atoms with E-state index in [1.807, 2.05) is 24.3 Å². The molecular formula is C9H7NOS. The molecule has 0 aromatic heterocycles. The van der Waals surface area contributed by atoms with Crippen molar-refractivity contribution in [3.05, 3.63) is 24.3 Å². The van der Waals surface area contributed by atoms with E-state index in [9.17, 15) is 0 Å². The Morgan fingerprint density at radius 3 is 3.17 bits per heavy atom. The van der Waals surface area contributed by atoms with E-state index in [4.69, 9.17) is 10.00 Å². The zero-order valence-corrected chi connectivity index (χ0v) is 7.17. The van der Waals surface area contributed by atoms with E-state index in [0.29, 0.717) is 0 Å². The molecule has 0 amide bonds. The highest BCUT2D eigenvalue weighted by Gasteiger charge is 2.18. The molecule has 0 N–H and O–H groups in total. The van der Waals surface area contributed by atoms with Crippen molar-refractivity contribution in [2.75, 3.05) is 5.75 Å². The number of hydrogen-bond donors (Lipinski definition) is 0. The van der Waals surface area contributed by atoms with Gasteiger partial charge in [0, 0.05) is 10.6 Å². The average molecular weight is 177 g/mol. The number of hydrogen-bond acceptors (Lipinski definition) is 3. The number of thioether (sulfide) groups is 1. The zero-order valence-electron chi connectivity index (χ0n) is 6.36.